The first-order chi connectivity index (χ1) is 10.3. The lowest BCUT2D eigenvalue weighted by Crippen LogP contribution is -2.41. The van der Waals surface area contributed by atoms with Gasteiger partial charge in [0.15, 0.2) is 11.5 Å². The summed E-state index contributed by atoms with van der Waals surface area (Å²) < 4.78 is 11.2. The van der Waals surface area contributed by atoms with Gasteiger partial charge in [0.05, 0.1) is 5.56 Å². The van der Waals surface area contributed by atoms with E-state index in [4.69, 9.17) is 21.1 Å². The van der Waals surface area contributed by atoms with E-state index in [0.717, 1.165) is 32.2 Å². The van der Waals surface area contributed by atoms with Gasteiger partial charge >= 0.3 is 0 Å². The molecule has 0 spiro atoms. The number of halogens is 1. The molecule has 2 aliphatic rings. The number of amides is 1. The molecular weight excluding hydrogens is 290 g/mol. The quantitative estimate of drug-likeness (QED) is 0.788. The molecule has 3 rings (SSSR count). The molecule has 0 aromatic heterocycles. The van der Waals surface area contributed by atoms with Crippen LogP contribution in [0.1, 0.15) is 36.0 Å². The van der Waals surface area contributed by atoms with Crippen LogP contribution in [0.3, 0.4) is 0 Å². The Balaban J connectivity index is 1.90. The van der Waals surface area contributed by atoms with Crippen molar-refractivity contribution in [2.45, 2.75) is 31.7 Å². The highest BCUT2D eigenvalue weighted by atomic mass is 35.5. The van der Waals surface area contributed by atoms with Crippen LogP contribution in [0.5, 0.6) is 11.5 Å². The van der Waals surface area contributed by atoms with E-state index < -0.39 is 0 Å². The van der Waals surface area contributed by atoms with E-state index in [2.05, 4.69) is 0 Å². The summed E-state index contributed by atoms with van der Waals surface area (Å²) in [5, 5.41) is 0. The van der Waals surface area contributed by atoms with Gasteiger partial charge in [0.25, 0.3) is 5.91 Å². The second-order valence-corrected chi connectivity index (χ2v) is 5.79. The Labute approximate surface area is 130 Å². The van der Waals surface area contributed by atoms with Crippen LogP contribution in [0.25, 0.3) is 0 Å². The maximum Gasteiger partial charge on any atom is 0.258 e. The van der Waals surface area contributed by atoms with Crippen LogP contribution in [0.2, 0.25) is 0 Å². The first-order valence-electron chi connectivity index (χ1n) is 7.57. The highest BCUT2D eigenvalue weighted by Gasteiger charge is 2.29. The Morgan fingerprint density at radius 1 is 1.24 bits per heavy atom. The van der Waals surface area contributed by atoms with Gasteiger partial charge < -0.3 is 14.4 Å². The van der Waals surface area contributed by atoms with Crippen LogP contribution >= 0.6 is 11.6 Å². The fourth-order valence-corrected chi connectivity index (χ4v) is 3.32. The molecule has 21 heavy (non-hydrogen) atoms. The summed E-state index contributed by atoms with van der Waals surface area (Å²) in [6.07, 6.45) is 4.30. The van der Waals surface area contributed by atoms with E-state index in [9.17, 15) is 4.79 Å². The van der Waals surface area contributed by atoms with Gasteiger partial charge in [-0.15, -0.1) is 11.6 Å². The molecule has 2 aliphatic heterocycles. The summed E-state index contributed by atoms with van der Waals surface area (Å²) in [7, 11) is 0. The van der Waals surface area contributed by atoms with Crippen LogP contribution in [0.4, 0.5) is 0 Å². The molecule has 1 unspecified atom stereocenters. The maximum atomic E-state index is 12.9. The lowest BCUT2D eigenvalue weighted by molar-refractivity contribution is 0.0690. The topological polar surface area (TPSA) is 38.8 Å². The molecule has 0 saturated carbocycles. The van der Waals surface area contributed by atoms with Gasteiger partial charge in [-0.25, -0.2) is 0 Å². The molecule has 4 nitrogen and oxygen atoms in total. The van der Waals surface area contributed by atoms with Crippen LogP contribution in [-0.2, 0) is 0 Å². The molecular formula is C16H20ClNO3. The summed E-state index contributed by atoms with van der Waals surface area (Å²) in [6.45, 7) is 1.77. The third-order valence-corrected chi connectivity index (χ3v) is 4.47. The lowest BCUT2D eigenvalue weighted by Gasteiger charge is -2.30. The SMILES string of the molecule is O=C(c1cccc2c1OCCO2)N1CCCCCC1CCl. The van der Waals surface area contributed by atoms with Gasteiger partial charge in [-0.3, -0.25) is 4.79 Å². The first-order valence-corrected chi connectivity index (χ1v) is 8.10. The molecule has 0 aliphatic carbocycles. The number of carbonyl (C=O) groups excluding carboxylic acids is 1. The van der Waals surface area contributed by atoms with Crippen molar-refractivity contribution in [3.63, 3.8) is 0 Å². The molecule has 1 aromatic carbocycles. The van der Waals surface area contributed by atoms with Crippen molar-refractivity contribution in [3.8, 4) is 11.5 Å². The summed E-state index contributed by atoms with van der Waals surface area (Å²) in [5.41, 5.74) is 0.587. The smallest absolute Gasteiger partial charge is 0.258 e. The minimum Gasteiger partial charge on any atom is -0.486 e. The van der Waals surface area contributed by atoms with Crippen LogP contribution in [0, 0.1) is 0 Å². The Bertz CT molecular complexity index is 520. The molecule has 0 bridgehead atoms. The molecule has 1 atom stereocenters. The zero-order valence-electron chi connectivity index (χ0n) is 12.0. The molecule has 2 heterocycles. The lowest BCUT2D eigenvalue weighted by atomic mass is 10.1. The minimum atomic E-state index is 0.00454. The molecule has 1 aromatic rings. The van der Waals surface area contributed by atoms with Gasteiger partial charge in [0.1, 0.15) is 13.2 Å². The standard InChI is InChI=1S/C16H20ClNO3/c17-11-12-5-2-1-3-8-18(12)16(19)13-6-4-7-14-15(13)21-10-9-20-14/h4,6-7,12H,1-3,5,8-11H2. The third-order valence-electron chi connectivity index (χ3n) is 4.11. The van der Waals surface area contributed by atoms with Gasteiger partial charge in [-0.2, -0.15) is 0 Å². The fraction of sp³-hybridized carbons (Fsp3) is 0.562. The van der Waals surface area contributed by atoms with Crippen molar-refractivity contribution in [2.75, 3.05) is 25.6 Å². The summed E-state index contributed by atoms with van der Waals surface area (Å²) in [5.74, 6) is 1.72. The number of likely N-dealkylation sites (tertiary alicyclic amines) is 1. The number of nitrogens with zero attached hydrogens (tertiary/aromatic N) is 1. The van der Waals surface area contributed by atoms with Gasteiger partial charge in [-0.1, -0.05) is 18.9 Å². The number of fused-ring (bicyclic) bond motifs is 1. The molecule has 1 amide bonds. The number of para-hydroxylation sites is 1. The third kappa shape index (κ3) is 2.95. The summed E-state index contributed by atoms with van der Waals surface area (Å²) >= 11 is 6.07. The Morgan fingerprint density at radius 2 is 2.10 bits per heavy atom. The molecule has 5 heteroatoms. The number of carbonyl (C=O) groups is 1. The molecule has 1 fully saturated rings. The molecule has 1 saturated heterocycles. The first kappa shape index (κ1) is 14.5. The highest BCUT2D eigenvalue weighted by molar-refractivity contribution is 6.18. The van der Waals surface area contributed by atoms with E-state index >= 15 is 0 Å². The van der Waals surface area contributed by atoms with E-state index in [1.807, 2.05) is 23.1 Å². The van der Waals surface area contributed by atoms with Gasteiger partial charge in [0.2, 0.25) is 0 Å². The number of rotatable bonds is 2. The van der Waals surface area contributed by atoms with Crippen molar-refractivity contribution >= 4 is 17.5 Å². The molecule has 0 radical (unpaired) electrons. The highest BCUT2D eigenvalue weighted by Crippen LogP contribution is 2.35. The van der Waals surface area contributed by atoms with Crippen LogP contribution in [0.15, 0.2) is 18.2 Å². The Hall–Kier alpha value is -1.42. The van der Waals surface area contributed by atoms with Gasteiger partial charge in [0, 0.05) is 18.5 Å². The van der Waals surface area contributed by atoms with Crippen molar-refractivity contribution in [3.05, 3.63) is 23.8 Å². The predicted octanol–water partition coefficient (Wildman–Crippen LogP) is 3.08. The maximum absolute atomic E-state index is 12.9. The van der Waals surface area contributed by atoms with Crippen LogP contribution < -0.4 is 9.47 Å². The summed E-state index contributed by atoms with van der Waals surface area (Å²) in [4.78, 5) is 14.8. The number of ether oxygens (including phenoxy) is 2. The molecule has 0 N–H and O–H groups in total. The second kappa shape index (κ2) is 6.56. The van der Waals surface area contributed by atoms with Crippen molar-refractivity contribution < 1.29 is 14.3 Å². The van der Waals surface area contributed by atoms with Gasteiger partial charge in [-0.05, 0) is 25.0 Å². The number of hydrogen-bond acceptors (Lipinski definition) is 3. The van der Waals surface area contributed by atoms with E-state index in [-0.39, 0.29) is 11.9 Å². The van der Waals surface area contributed by atoms with Crippen molar-refractivity contribution in [1.29, 1.82) is 0 Å². The number of alkyl halides is 1. The Kier molecular flexibility index (Phi) is 4.54. The molecule has 114 valence electrons. The van der Waals surface area contributed by atoms with Crippen molar-refractivity contribution in [1.82, 2.24) is 4.90 Å². The minimum absolute atomic E-state index is 0.00454. The number of hydrogen-bond donors (Lipinski definition) is 0. The number of benzene rings is 1. The monoisotopic (exact) mass is 309 g/mol. The zero-order valence-corrected chi connectivity index (χ0v) is 12.8. The zero-order chi connectivity index (χ0) is 14.7. The predicted molar refractivity (Wildman–Crippen MR) is 81.4 cm³/mol. The van der Waals surface area contributed by atoms with E-state index in [1.165, 1.54) is 0 Å². The van der Waals surface area contributed by atoms with Crippen molar-refractivity contribution in [2.24, 2.45) is 0 Å². The Morgan fingerprint density at radius 3 is 2.95 bits per heavy atom. The van der Waals surface area contributed by atoms with Crippen LogP contribution in [-0.4, -0.2) is 42.5 Å². The largest absolute Gasteiger partial charge is 0.486 e. The normalized spacial score (nSPS) is 21.8. The summed E-state index contributed by atoms with van der Waals surface area (Å²) in [6, 6.07) is 5.61. The second-order valence-electron chi connectivity index (χ2n) is 5.49. The van der Waals surface area contributed by atoms with E-state index in [0.29, 0.717) is 36.2 Å². The van der Waals surface area contributed by atoms with E-state index in [1.54, 1.807) is 0 Å². The average Bonchev–Trinajstić information content (AvgIpc) is 2.79. The fourth-order valence-electron chi connectivity index (χ4n) is 3.00. The average molecular weight is 310 g/mol.